The minimum atomic E-state index is -0.0284. The normalized spacial score (nSPS) is 12.4. The first kappa shape index (κ1) is 12.6. The first-order valence-corrected chi connectivity index (χ1v) is 6.20. The summed E-state index contributed by atoms with van der Waals surface area (Å²) in [6.07, 6.45) is 3.49. The molecule has 96 valence electrons. The monoisotopic (exact) mass is 245 g/mol. The average Bonchev–Trinajstić information content (AvgIpc) is 2.88. The van der Waals surface area contributed by atoms with Gasteiger partial charge in [0.05, 0.1) is 12.8 Å². The lowest BCUT2D eigenvalue weighted by atomic mass is 10.1. The molecule has 4 nitrogen and oxygen atoms in total. The topological polar surface area (TPSA) is 55.3 Å². The van der Waals surface area contributed by atoms with E-state index in [9.17, 15) is 0 Å². The van der Waals surface area contributed by atoms with Crippen molar-refractivity contribution in [1.29, 1.82) is 0 Å². The van der Waals surface area contributed by atoms with Gasteiger partial charge in [-0.05, 0) is 32.0 Å². The zero-order valence-corrected chi connectivity index (χ0v) is 10.8. The Morgan fingerprint density at radius 3 is 2.83 bits per heavy atom. The van der Waals surface area contributed by atoms with Crippen LogP contribution in [0.2, 0.25) is 0 Å². The van der Waals surface area contributed by atoms with Gasteiger partial charge in [0.15, 0.2) is 0 Å². The number of aromatic nitrogens is 1. The summed E-state index contributed by atoms with van der Waals surface area (Å²) in [5.74, 6) is 1.87. The van der Waals surface area contributed by atoms with Gasteiger partial charge in [-0.3, -0.25) is 0 Å². The second-order valence-electron chi connectivity index (χ2n) is 4.30. The lowest BCUT2D eigenvalue weighted by Crippen LogP contribution is -2.25. The highest BCUT2D eigenvalue weighted by Gasteiger charge is 2.14. The van der Waals surface area contributed by atoms with Crippen molar-refractivity contribution in [3.8, 4) is 0 Å². The summed E-state index contributed by atoms with van der Waals surface area (Å²) in [4.78, 5) is 6.62. The average molecular weight is 245 g/mol. The molecule has 1 unspecified atom stereocenters. The number of nitrogens with zero attached hydrogens (tertiary/aromatic N) is 2. The number of anilines is 1. The highest BCUT2D eigenvalue weighted by Crippen LogP contribution is 2.23. The van der Waals surface area contributed by atoms with E-state index in [1.54, 1.807) is 12.5 Å². The fourth-order valence-corrected chi connectivity index (χ4v) is 1.96. The third-order valence-corrected chi connectivity index (χ3v) is 2.92. The summed E-state index contributed by atoms with van der Waals surface area (Å²) in [6.45, 7) is 5.64. The molecule has 0 aliphatic carbocycles. The van der Waals surface area contributed by atoms with Crippen LogP contribution in [-0.4, -0.2) is 11.5 Å². The van der Waals surface area contributed by atoms with E-state index in [1.807, 2.05) is 31.2 Å². The molecule has 2 N–H and O–H groups in total. The molecule has 0 saturated carbocycles. The number of hydrogen-bond acceptors (Lipinski definition) is 4. The zero-order chi connectivity index (χ0) is 13.0. The minimum Gasteiger partial charge on any atom is -0.467 e. The maximum Gasteiger partial charge on any atom is 0.133 e. The van der Waals surface area contributed by atoms with Crippen LogP contribution in [0.15, 0.2) is 41.1 Å². The summed E-state index contributed by atoms with van der Waals surface area (Å²) >= 11 is 0. The van der Waals surface area contributed by atoms with Crippen molar-refractivity contribution in [3.63, 3.8) is 0 Å². The second kappa shape index (κ2) is 5.69. The molecule has 18 heavy (non-hydrogen) atoms. The van der Waals surface area contributed by atoms with Crippen LogP contribution in [0.4, 0.5) is 5.82 Å². The molecule has 1 atom stereocenters. The number of furan rings is 1. The van der Waals surface area contributed by atoms with Crippen molar-refractivity contribution >= 4 is 5.82 Å². The number of nitrogens with two attached hydrogens (primary N) is 1. The van der Waals surface area contributed by atoms with Gasteiger partial charge in [0, 0.05) is 24.3 Å². The van der Waals surface area contributed by atoms with E-state index in [1.165, 1.54) is 0 Å². The van der Waals surface area contributed by atoms with Crippen molar-refractivity contribution in [2.75, 3.05) is 11.4 Å². The maximum atomic E-state index is 5.99. The van der Waals surface area contributed by atoms with Crippen molar-refractivity contribution in [1.82, 2.24) is 4.98 Å². The van der Waals surface area contributed by atoms with Crippen LogP contribution in [0, 0.1) is 0 Å². The van der Waals surface area contributed by atoms with Crippen LogP contribution in [0.1, 0.15) is 31.2 Å². The third kappa shape index (κ3) is 2.71. The maximum absolute atomic E-state index is 5.99. The van der Waals surface area contributed by atoms with E-state index >= 15 is 0 Å². The summed E-state index contributed by atoms with van der Waals surface area (Å²) in [5.41, 5.74) is 7.05. The van der Waals surface area contributed by atoms with E-state index in [-0.39, 0.29) is 6.04 Å². The molecular formula is C14H19N3O. The number of hydrogen-bond donors (Lipinski definition) is 1. The van der Waals surface area contributed by atoms with Crippen LogP contribution in [0.3, 0.4) is 0 Å². The van der Waals surface area contributed by atoms with E-state index in [0.717, 1.165) is 23.7 Å². The van der Waals surface area contributed by atoms with Gasteiger partial charge in [-0.25, -0.2) is 4.98 Å². The highest BCUT2D eigenvalue weighted by molar-refractivity contribution is 5.48. The Balaban J connectivity index is 2.27. The molecule has 2 heterocycles. The zero-order valence-electron chi connectivity index (χ0n) is 10.8. The minimum absolute atomic E-state index is 0.0284. The lowest BCUT2D eigenvalue weighted by Gasteiger charge is -2.24. The largest absolute Gasteiger partial charge is 0.467 e. The highest BCUT2D eigenvalue weighted by atomic mass is 16.3. The molecule has 0 aliphatic heterocycles. The fraction of sp³-hybridized carbons (Fsp3) is 0.357. The second-order valence-corrected chi connectivity index (χ2v) is 4.30. The van der Waals surface area contributed by atoms with Gasteiger partial charge in [0.1, 0.15) is 11.6 Å². The Morgan fingerprint density at radius 2 is 2.22 bits per heavy atom. The molecular weight excluding hydrogens is 226 g/mol. The number of rotatable bonds is 5. The SMILES string of the molecule is CCN(Cc1ccco1)c1ncccc1C(C)N. The molecule has 2 aromatic heterocycles. The quantitative estimate of drug-likeness (QED) is 0.880. The third-order valence-electron chi connectivity index (χ3n) is 2.92. The van der Waals surface area contributed by atoms with Crippen LogP contribution < -0.4 is 10.6 Å². The molecule has 2 aromatic rings. The summed E-state index contributed by atoms with van der Waals surface area (Å²) in [7, 11) is 0. The van der Waals surface area contributed by atoms with Crippen LogP contribution in [-0.2, 0) is 6.54 Å². The molecule has 0 amide bonds. The van der Waals surface area contributed by atoms with Crippen LogP contribution >= 0.6 is 0 Å². The predicted octanol–water partition coefficient (Wildman–Crippen LogP) is 2.72. The molecule has 0 saturated heterocycles. The summed E-state index contributed by atoms with van der Waals surface area (Å²) in [5, 5.41) is 0. The molecule has 0 aliphatic rings. The Hall–Kier alpha value is -1.81. The van der Waals surface area contributed by atoms with Crippen molar-refractivity contribution < 1.29 is 4.42 Å². The standard InChI is InChI=1S/C14H19N3O/c1-3-17(10-12-6-5-9-18-12)14-13(11(2)15)7-4-8-16-14/h4-9,11H,3,10,15H2,1-2H3. The lowest BCUT2D eigenvalue weighted by molar-refractivity contribution is 0.502. The van der Waals surface area contributed by atoms with Gasteiger partial charge in [-0.2, -0.15) is 0 Å². The molecule has 0 spiro atoms. The molecule has 0 radical (unpaired) electrons. The first-order valence-electron chi connectivity index (χ1n) is 6.20. The van der Waals surface area contributed by atoms with Gasteiger partial charge in [-0.1, -0.05) is 6.07 Å². The van der Waals surface area contributed by atoms with Crippen molar-refractivity contribution in [2.45, 2.75) is 26.4 Å². The molecule has 2 rings (SSSR count). The van der Waals surface area contributed by atoms with Gasteiger partial charge < -0.3 is 15.1 Å². The Bertz CT molecular complexity index is 480. The fourth-order valence-electron chi connectivity index (χ4n) is 1.96. The smallest absolute Gasteiger partial charge is 0.133 e. The molecule has 0 bridgehead atoms. The van der Waals surface area contributed by atoms with Gasteiger partial charge in [-0.15, -0.1) is 0 Å². The van der Waals surface area contributed by atoms with Gasteiger partial charge in [0.2, 0.25) is 0 Å². The van der Waals surface area contributed by atoms with Gasteiger partial charge >= 0.3 is 0 Å². The Kier molecular flexibility index (Phi) is 3.99. The van der Waals surface area contributed by atoms with E-state index < -0.39 is 0 Å². The first-order chi connectivity index (χ1) is 8.72. The molecule has 4 heteroatoms. The molecule has 0 fully saturated rings. The van der Waals surface area contributed by atoms with Crippen molar-refractivity contribution in [3.05, 3.63) is 48.0 Å². The van der Waals surface area contributed by atoms with E-state index in [2.05, 4.69) is 16.8 Å². The van der Waals surface area contributed by atoms with Crippen LogP contribution in [0.25, 0.3) is 0 Å². The van der Waals surface area contributed by atoms with Crippen LogP contribution in [0.5, 0.6) is 0 Å². The summed E-state index contributed by atoms with van der Waals surface area (Å²) < 4.78 is 5.39. The van der Waals surface area contributed by atoms with E-state index in [0.29, 0.717) is 6.54 Å². The summed E-state index contributed by atoms with van der Waals surface area (Å²) in [6, 6.07) is 7.78. The Morgan fingerprint density at radius 1 is 1.39 bits per heavy atom. The molecule has 0 aromatic carbocycles. The van der Waals surface area contributed by atoms with Gasteiger partial charge in [0.25, 0.3) is 0 Å². The predicted molar refractivity (Wildman–Crippen MR) is 72.3 cm³/mol. The van der Waals surface area contributed by atoms with Crippen molar-refractivity contribution in [2.24, 2.45) is 5.73 Å². The van der Waals surface area contributed by atoms with E-state index in [4.69, 9.17) is 10.2 Å². The number of pyridine rings is 1. The Labute approximate surface area is 107 Å².